The SMILES string of the molecule is CC/C=C\C/C=C\C/C=C\C/C=C\CCCCCCCCCCCCC(=O)OCC(COC(=O)CCCCCCCCC/C=C\CCCCCCCC)OC(=O)CCCCCCCCCC/C=C\C/C=C\C/C=C\CCCCCCC. The monoisotopic (exact) mass is 1130 g/mol. The highest BCUT2D eigenvalue weighted by Gasteiger charge is 2.19. The lowest BCUT2D eigenvalue weighted by atomic mass is 10.1. The molecule has 0 rings (SSSR count). The fourth-order valence-electron chi connectivity index (χ4n) is 9.85. The van der Waals surface area contributed by atoms with Crippen molar-refractivity contribution in [3.8, 4) is 0 Å². The Bertz CT molecular complexity index is 1580. The summed E-state index contributed by atoms with van der Waals surface area (Å²) in [7, 11) is 0. The number of carbonyl (C=O) groups is 3. The van der Waals surface area contributed by atoms with Crippen LogP contribution in [0.2, 0.25) is 0 Å². The molecule has 466 valence electrons. The summed E-state index contributed by atoms with van der Waals surface area (Å²) in [5.74, 6) is -0.883. The molecule has 0 aromatic carbocycles. The minimum absolute atomic E-state index is 0.0827. The lowest BCUT2D eigenvalue weighted by Crippen LogP contribution is -2.30. The molecule has 0 fully saturated rings. The Morgan fingerprint density at radius 1 is 0.259 bits per heavy atom. The zero-order chi connectivity index (χ0) is 58.5. The summed E-state index contributed by atoms with van der Waals surface area (Å²) < 4.78 is 17.0. The van der Waals surface area contributed by atoms with Crippen LogP contribution >= 0.6 is 0 Å². The van der Waals surface area contributed by atoms with Gasteiger partial charge in [0.1, 0.15) is 13.2 Å². The van der Waals surface area contributed by atoms with Crippen molar-refractivity contribution in [3.05, 3.63) is 97.2 Å². The molecule has 0 aliphatic carbocycles. The Kier molecular flexibility index (Phi) is 65.7. The van der Waals surface area contributed by atoms with Gasteiger partial charge >= 0.3 is 17.9 Å². The van der Waals surface area contributed by atoms with E-state index in [1.807, 2.05) is 0 Å². The summed E-state index contributed by atoms with van der Waals surface area (Å²) in [5.41, 5.74) is 0. The summed E-state index contributed by atoms with van der Waals surface area (Å²) in [4.78, 5) is 38.5. The molecule has 81 heavy (non-hydrogen) atoms. The fourth-order valence-corrected chi connectivity index (χ4v) is 9.85. The van der Waals surface area contributed by atoms with Crippen molar-refractivity contribution >= 4 is 17.9 Å². The van der Waals surface area contributed by atoms with E-state index < -0.39 is 6.10 Å². The molecule has 6 heteroatoms. The smallest absolute Gasteiger partial charge is 0.306 e. The summed E-state index contributed by atoms with van der Waals surface area (Å²) in [6.45, 7) is 6.54. The van der Waals surface area contributed by atoms with Crippen LogP contribution in [0.25, 0.3) is 0 Å². The number of allylic oxidation sites excluding steroid dienone is 16. The number of carbonyl (C=O) groups excluding carboxylic acids is 3. The van der Waals surface area contributed by atoms with Gasteiger partial charge in [-0.15, -0.1) is 0 Å². The second kappa shape index (κ2) is 68.8. The second-order valence-electron chi connectivity index (χ2n) is 23.1. The fraction of sp³-hybridized carbons (Fsp3) is 0.747. The van der Waals surface area contributed by atoms with Gasteiger partial charge in [-0.25, -0.2) is 0 Å². The van der Waals surface area contributed by atoms with E-state index in [2.05, 4.69) is 118 Å². The first-order chi connectivity index (χ1) is 40.0. The van der Waals surface area contributed by atoms with Gasteiger partial charge in [0.05, 0.1) is 0 Å². The zero-order valence-electron chi connectivity index (χ0n) is 53.5. The van der Waals surface area contributed by atoms with Crippen LogP contribution in [0.4, 0.5) is 0 Å². The lowest BCUT2D eigenvalue weighted by Gasteiger charge is -2.18. The average molecular weight is 1130 g/mol. The maximum absolute atomic E-state index is 13.0. The van der Waals surface area contributed by atoms with Gasteiger partial charge in [0, 0.05) is 19.3 Å². The van der Waals surface area contributed by atoms with Gasteiger partial charge in [0.2, 0.25) is 0 Å². The predicted molar refractivity (Wildman–Crippen MR) is 353 cm³/mol. The van der Waals surface area contributed by atoms with Gasteiger partial charge in [-0.3, -0.25) is 14.4 Å². The minimum atomic E-state index is -0.788. The second-order valence-corrected chi connectivity index (χ2v) is 23.1. The Morgan fingerprint density at radius 3 is 0.765 bits per heavy atom. The molecule has 6 nitrogen and oxygen atoms in total. The maximum Gasteiger partial charge on any atom is 0.306 e. The van der Waals surface area contributed by atoms with Crippen LogP contribution < -0.4 is 0 Å². The van der Waals surface area contributed by atoms with Gasteiger partial charge in [0.15, 0.2) is 6.10 Å². The third kappa shape index (κ3) is 67.0. The summed E-state index contributed by atoms with van der Waals surface area (Å²) in [5, 5.41) is 0. The number of ether oxygens (including phenoxy) is 3. The lowest BCUT2D eigenvalue weighted by molar-refractivity contribution is -0.167. The molecule has 0 saturated heterocycles. The average Bonchev–Trinajstić information content (AvgIpc) is 3.47. The number of hydrogen-bond donors (Lipinski definition) is 0. The first-order valence-electron chi connectivity index (χ1n) is 34.7. The molecule has 0 aromatic rings. The Balaban J connectivity index is 4.39. The first-order valence-corrected chi connectivity index (χ1v) is 34.7. The summed E-state index contributed by atoms with van der Waals surface area (Å²) in [6, 6.07) is 0. The molecule has 1 atom stereocenters. The van der Waals surface area contributed by atoms with Crippen molar-refractivity contribution in [3.63, 3.8) is 0 Å². The molecular formula is C75H130O6. The molecule has 0 N–H and O–H groups in total. The number of rotatable bonds is 63. The Hall–Kier alpha value is -3.67. The van der Waals surface area contributed by atoms with Gasteiger partial charge in [-0.05, 0) is 122 Å². The molecule has 0 aliphatic rings. The number of esters is 3. The highest BCUT2D eigenvalue weighted by atomic mass is 16.6. The Labute approximate surface area is 502 Å². The van der Waals surface area contributed by atoms with E-state index in [4.69, 9.17) is 14.2 Å². The van der Waals surface area contributed by atoms with Crippen LogP contribution in [0.15, 0.2) is 97.2 Å². The van der Waals surface area contributed by atoms with E-state index in [1.54, 1.807) is 0 Å². The molecule has 1 unspecified atom stereocenters. The van der Waals surface area contributed by atoms with Gasteiger partial charge in [0.25, 0.3) is 0 Å². The van der Waals surface area contributed by atoms with Crippen molar-refractivity contribution in [2.45, 2.75) is 348 Å². The zero-order valence-corrected chi connectivity index (χ0v) is 53.5. The van der Waals surface area contributed by atoms with Crippen LogP contribution in [0, 0.1) is 0 Å². The number of unbranched alkanes of at least 4 members (excludes halogenated alkanes) is 36. The van der Waals surface area contributed by atoms with E-state index in [1.165, 1.54) is 199 Å². The van der Waals surface area contributed by atoms with Gasteiger partial charge in [-0.1, -0.05) is 298 Å². The number of hydrogen-bond acceptors (Lipinski definition) is 6. The van der Waals surface area contributed by atoms with Crippen molar-refractivity contribution in [1.82, 2.24) is 0 Å². The van der Waals surface area contributed by atoms with E-state index in [0.29, 0.717) is 19.3 Å². The highest BCUT2D eigenvalue weighted by Crippen LogP contribution is 2.16. The third-order valence-electron chi connectivity index (χ3n) is 15.0. The van der Waals surface area contributed by atoms with E-state index in [-0.39, 0.29) is 31.1 Å². The summed E-state index contributed by atoms with van der Waals surface area (Å²) >= 11 is 0. The predicted octanol–water partition coefficient (Wildman–Crippen LogP) is 24.0. The molecule has 0 amide bonds. The molecule has 0 bridgehead atoms. The highest BCUT2D eigenvalue weighted by molar-refractivity contribution is 5.71. The van der Waals surface area contributed by atoms with Crippen molar-refractivity contribution in [2.24, 2.45) is 0 Å². The quantitative estimate of drug-likeness (QED) is 0.0261. The van der Waals surface area contributed by atoms with E-state index in [9.17, 15) is 14.4 Å². The van der Waals surface area contributed by atoms with Gasteiger partial charge in [-0.2, -0.15) is 0 Å². The standard InChI is InChI=1S/C75H130O6/c1-4-7-10-13-16-19-22-25-28-31-33-35-37-39-41-44-47-50-53-56-59-62-65-68-74(77)80-71-72(70-79-73(76)67-64-61-58-55-52-49-46-43-30-27-24-21-18-15-12-9-6-3)81-75(78)69-66-63-60-57-54-51-48-45-42-40-38-36-34-32-29-26-23-20-17-14-11-8-5-2/h7,10,16,19,23,25-28,30,32-35,38,40,72H,4-6,8-9,11-15,17-18,20-22,24,29,31,36-37,39,41-71H2,1-3H3/b10-7-,19-16-,26-23-,28-25-,30-27-,34-32-,35-33-,40-38-. The molecular weight excluding hydrogens is 997 g/mol. The van der Waals surface area contributed by atoms with Crippen LogP contribution in [-0.2, 0) is 28.6 Å². The van der Waals surface area contributed by atoms with Crippen LogP contribution in [0.3, 0.4) is 0 Å². The molecule has 0 spiro atoms. The third-order valence-corrected chi connectivity index (χ3v) is 15.0. The first kappa shape index (κ1) is 77.3. The molecule has 0 heterocycles. The van der Waals surface area contributed by atoms with Crippen LogP contribution in [-0.4, -0.2) is 37.2 Å². The Morgan fingerprint density at radius 2 is 0.481 bits per heavy atom. The van der Waals surface area contributed by atoms with Crippen molar-refractivity contribution < 1.29 is 28.6 Å². The van der Waals surface area contributed by atoms with E-state index >= 15 is 0 Å². The van der Waals surface area contributed by atoms with Crippen molar-refractivity contribution in [1.29, 1.82) is 0 Å². The molecule has 0 saturated carbocycles. The largest absolute Gasteiger partial charge is 0.462 e. The van der Waals surface area contributed by atoms with Crippen LogP contribution in [0.5, 0.6) is 0 Å². The molecule has 0 radical (unpaired) electrons. The van der Waals surface area contributed by atoms with Crippen LogP contribution in [0.1, 0.15) is 342 Å². The van der Waals surface area contributed by atoms with Crippen molar-refractivity contribution in [2.75, 3.05) is 13.2 Å². The van der Waals surface area contributed by atoms with Gasteiger partial charge < -0.3 is 14.2 Å². The molecule has 0 aliphatic heterocycles. The maximum atomic E-state index is 13.0. The van der Waals surface area contributed by atoms with E-state index in [0.717, 1.165) is 103 Å². The topological polar surface area (TPSA) is 78.9 Å². The summed E-state index contributed by atoms with van der Waals surface area (Å²) in [6.07, 6.45) is 92.7. The normalized spacial score (nSPS) is 12.7. The molecule has 0 aromatic heterocycles. The minimum Gasteiger partial charge on any atom is -0.462 e.